The lowest BCUT2D eigenvalue weighted by Crippen LogP contribution is -2.50. The van der Waals surface area contributed by atoms with Crippen molar-refractivity contribution in [2.24, 2.45) is 0 Å². The van der Waals surface area contributed by atoms with Crippen LogP contribution >= 0.6 is 23.4 Å². The molecule has 0 aromatic carbocycles. The van der Waals surface area contributed by atoms with Crippen LogP contribution in [-0.4, -0.2) is 54.3 Å². The van der Waals surface area contributed by atoms with Gasteiger partial charge in [0.1, 0.15) is 5.37 Å². The van der Waals surface area contributed by atoms with Crippen molar-refractivity contribution in [1.82, 2.24) is 4.90 Å². The summed E-state index contributed by atoms with van der Waals surface area (Å²) < 4.78 is 23.8. The first-order chi connectivity index (χ1) is 8.03. The maximum Gasteiger partial charge on any atom is 0.223 e. The number of sulfone groups is 1. The lowest BCUT2D eigenvalue weighted by atomic mass is 10.3. The Bertz CT molecular complexity index is 359. The molecule has 1 atom stereocenters. The molecule has 0 spiro atoms. The largest absolute Gasteiger partial charge is 0.324 e. The first kappa shape index (κ1) is 15.1. The maximum absolute atomic E-state index is 11.9. The Balaban J connectivity index is 2.76. The molecule has 1 fully saturated rings. The summed E-state index contributed by atoms with van der Waals surface area (Å²) in [6.45, 7) is 2.14. The number of nitrogens with zero attached hydrogens (tertiary/aromatic N) is 1. The van der Waals surface area contributed by atoms with E-state index in [1.54, 1.807) is 18.7 Å². The van der Waals surface area contributed by atoms with Crippen molar-refractivity contribution in [3.63, 3.8) is 0 Å². The summed E-state index contributed by atoms with van der Waals surface area (Å²) in [6, 6.07) is 0. The molecule has 100 valence electrons. The molecule has 1 aliphatic rings. The number of rotatable bonds is 5. The van der Waals surface area contributed by atoms with Crippen molar-refractivity contribution in [2.75, 3.05) is 29.7 Å². The van der Waals surface area contributed by atoms with Crippen LogP contribution in [0, 0.1) is 0 Å². The Labute approximate surface area is 112 Å². The zero-order chi connectivity index (χ0) is 12.9. The molecule has 0 aromatic rings. The van der Waals surface area contributed by atoms with Crippen LogP contribution in [-0.2, 0) is 14.6 Å². The van der Waals surface area contributed by atoms with E-state index in [0.717, 1.165) is 5.75 Å². The van der Waals surface area contributed by atoms with E-state index in [4.69, 9.17) is 11.6 Å². The van der Waals surface area contributed by atoms with Gasteiger partial charge in [-0.3, -0.25) is 4.79 Å². The average Bonchev–Trinajstić information content (AvgIpc) is 2.36. The fraction of sp³-hybridized carbons (Fsp3) is 0.900. The molecule has 1 unspecified atom stereocenters. The Morgan fingerprint density at radius 1 is 1.53 bits per heavy atom. The van der Waals surface area contributed by atoms with Gasteiger partial charge in [-0.15, -0.1) is 11.6 Å². The summed E-state index contributed by atoms with van der Waals surface area (Å²) in [6.07, 6.45) is 0.937. The van der Waals surface area contributed by atoms with Crippen LogP contribution < -0.4 is 0 Å². The molecule has 1 rings (SSSR count). The van der Waals surface area contributed by atoms with Gasteiger partial charge in [0.2, 0.25) is 5.91 Å². The Kier molecular flexibility index (Phi) is 6.09. The first-order valence-corrected chi connectivity index (χ1v) is 9.08. The van der Waals surface area contributed by atoms with Crippen molar-refractivity contribution >= 4 is 39.1 Å². The summed E-state index contributed by atoms with van der Waals surface area (Å²) in [7, 11) is -3.19. The molecule has 17 heavy (non-hydrogen) atoms. The van der Waals surface area contributed by atoms with Gasteiger partial charge in [-0.05, 0) is 6.42 Å². The maximum atomic E-state index is 11.9. The quantitative estimate of drug-likeness (QED) is 0.719. The molecule has 0 saturated carbocycles. The van der Waals surface area contributed by atoms with Gasteiger partial charge in [-0.1, -0.05) is 6.92 Å². The number of hydrogen-bond donors (Lipinski definition) is 0. The van der Waals surface area contributed by atoms with Crippen LogP contribution in [0.2, 0.25) is 0 Å². The molecule has 1 amide bonds. The SMILES string of the molecule is CCS(=O)(=O)C1CSCCN1C(=O)CCCCl. The molecule has 0 radical (unpaired) electrons. The lowest BCUT2D eigenvalue weighted by Gasteiger charge is -2.34. The molecular weight excluding hydrogens is 282 g/mol. The minimum atomic E-state index is -3.19. The van der Waals surface area contributed by atoms with Gasteiger partial charge in [-0.25, -0.2) is 8.42 Å². The zero-order valence-electron chi connectivity index (χ0n) is 9.89. The number of thioether (sulfide) groups is 1. The standard InChI is InChI=1S/C10H18ClNO3S2/c1-2-17(14,15)10-8-16-7-6-12(10)9(13)4-3-5-11/h10H,2-8H2,1H3. The van der Waals surface area contributed by atoms with Gasteiger partial charge < -0.3 is 4.90 Å². The Morgan fingerprint density at radius 2 is 2.24 bits per heavy atom. The number of alkyl halides is 1. The molecule has 0 aromatic heterocycles. The van der Waals surface area contributed by atoms with Gasteiger partial charge >= 0.3 is 0 Å². The van der Waals surface area contributed by atoms with Crippen LogP contribution in [0.1, 0.15) is 19.8 Å². The van der Waals surface area contributed by atoms with E-state index < -0.39 is 15.2 Å². The third kappa shape index (κ3) is 4.03. The van der Waals surface area contributed by atoms with Crippen LogP contribution in [0.3, 0.4) is 0 Å². The number of halogens is 1. The van der Waals surface area contributed by atoms with Crippen molar-refractivity contribution in [2.45, 2.75) is 25.1 Å². The molecule has 1 heterocycles. The van der Waals surface area contributed by atoms with Crippen molar-refractivity contribution < 1.29 is 13.2 Å². The third-order valence-electron chi connectivity index (χ3n) is 2.75. The summed E-state index contributed by atoms with van der Waals surface area (Å²) in [5.41, 5.74) is 0. The van der Waals surface area contributed by atoms with Crippen LogP contribution in [0.15, 0.2) is 0 Å². The average molecular weight is 300 g/mol. The zero-order valence-corrected chi connectivity index (χ0v) is 12.3. The Hall–Kier alpha value is 0.0600. The predicted octanol–water partition coefficient (Wildman–Crippen LogP) is 1.34. The summed E-state index contributed by atoms with van der Waals surface area (Å²) >= 11 is 7.14. The number of carbonyl (C=O) groups excluding carboxylic acids is 1. The molecule has 1 saturated heterocycles. The molecule has 0 aliphatic carbocycles. The van der Waals surface area contributed by atoms with Crippen molar-refractivity contribution in [1.29, 1.82) is 0 Å². The second-order valence-electron chi connectivity index (χ2n) is 3.86. The summed E-state index contributed by atoms with van der Waals surface area (Å²) in [5, 5.41) is -0.644. The normalized spacial score (nSPS) is 21.5. The molecular formula is C10H18ClNO3S2. The summed E-state index contributed by atoms with van der Waals surface area (Å²) in [5.74, 6) is 1.72. The molecule has 0 bridgehead atoms. The highest BCUT2D eigenvalue weighted by atomic mass is 35.5. The minimum Gasteiger partial charge on any atom is -0.324 e. The van der Waals surface area contributed by atoms with Crippen molar-refractivity contribution in [3.05, 3.63) is 0 Å². The molecule has 1 aliphatic heterocycles. The van der Waals surface area contributed by atoms with E-state index in [1.807, 2.05) is 0 Å². The number of amides is 1. The highest BCUT2D eigenvalue weighted by Crippen LogP contribution is 2.22. The number of carbonyl (C=O) groups is 1. The second-order valence-corrected chi connectivity index (χ2v) is 7.84. The molecule has 4 nitrogen and oxygen atoms in total. The highest BCUT2D eigenvalue weighted by molar-refractivity contribution is 8.01. The fourth-order valence-corrected chi connectivity index (χ4v) is 4.84. The van der Waals surface area contributed by atoms with Crippen LogP contribution in [0.4, 0.5) is 0 Å². The van der Waals surface area contributed by atoms with E-state index in [2.05, 4.69) is 0 Å². The summed E-state index contributed by atoms with van der Waals surface area (Å²) in [4.78, 5) is 13.4. The van der Waals surface area contributed by atoms with Gasteiger partial charge in [-0.2, -0.15) is 11.8 Å². The second kappa shape index (κ2) is 6.85. The van der Waals surface area contributed by atoms with Gasteiger partial charge in [0.05, 0.1) is 0 Å². The smallest absolute Gasteiger partial charge is 0.223 e. The van der Waals surface area contributed by atoms with Gasteiger partial charge in [0, 0.05) is 36.1 Å². The first-order valence-electron chi connectivity index (χ1n) is 5.67. The van der Waals surface area contributed by atoms with Crippen molar-refractivity contribution in [3.8, 4) is 0 Å². The third-order valence-corrected chi connectivity index (χ3v) is 6.30. The highest BCUT2D eigenvalue weighted by Gasteiger charge is 2.35. The monoisotopic (exact) mass is 299 g/mol. The molecule has 0 N–H and O–H groups in total. The topological polar surface area (TPSA) is 54.5 Å². The molecule has 7 heteroatoms. The van der Waals surface area contributed by atoms with E-state index in [1.165, 1.54) is 4.90 Å². The van der Waals surface area contributed by atoms with E-state index in [-0.39, 0.29) is 11.7 Å². The number of hydrogen-bond acceptors (Lipinski definition) is 4. The van der Waals surface area contributed by atoms with E-state index in [9.17, 15) is 13.2 Å². The minimum absolute atomic E-state index is 0.0809. The van der Waals surface area contributed by atoms with E-state index in [0.29, 0.717) is 31.0 Å². The Morgan fingerprint density at radius 3 is 2.82 bits per heavy atom. The van der Waals surface area contributed by atoms with Gasteiger partial charge in [0.25, 0.3) is 0 Å². The van der Waals surface area contributed by atoms with E-state index >= 15 is 0 Å². The van der Waals surface area contributed by atoms with Crippen LogP contribution in [0.5, 0.6) is 0 Å². The van der Waals surface area contributed by atoms with Crippen LogP contribution in [0.25, 0.3) is 0 Å². The lowest BCUT2D eigenvalue weighted by molar-refractivity contribution is -0.131. The predicted molar refractivity (Wildman–Crippen MR) is 72.2 cm³/mol. The van der Waals surface area contributed by atoms with Gasteiger partial charge in [0.15, 0.2) is 9.84 Å². The fourth-order valence-electron chi connectivity index (χ4n) is 1.72.